The van der Waals surface area contributed by atoms with E-state index < -0.39 is 0 Å². The first kappa shape index (κ1) is 13.5. The molecule has 0 bridgehead atoms. The number of nitriles is 1. The topological polar surface area (TPSA) is 68.7 Å². The second-order valence-corrected chi connectivity index (χ2v) is 3.33. The number of guanidine groups is 1. The minimum absolute atomic E-state index is 0.666. The summed E-state index contributed by atoms with van der Waals surface area (Å²) in [6.45, 7) is 1.52. The Hall–Kier alpha value is -1.54. The number of nitrogens with two attached hydrogens (primary N) is 1. The van der Waals surface area contributed by atoms with Crippen molar-refractivity contribution in [3.8, 4) is 6.07 Å². The lowest BCUT2D eigenvalue weighted by molar-refractivity contribution is 0.419. The molecule has 0 heterocycles. The van der Waals surface area contributed by atoms with Crippen LogP contribution in [0.3, 0.4) is 0 Å². The van der Waals surface area contributed by atoms with Crippen LogP contribution in [0.15, 0.2) is 17.3 Å². The van der Waals surface area contributed by atoms with Crippen LogP contribution >= 0.6 is 0 Å². The van der Waals surface area contributed by atoms with Crippen molar-refractivity contribution in [1.29, 1.82) is 5.26 Å². The summed E-state index contributed by atoms with van der Waals surface area (Å²) in [6.07, 6.45) is 3.76. The highest BCUT2D eigenvalue weighted by molar-refractivity contribution is 5.79. The van der Waals surface area contributed by atoms with Crippen molar-refractivity contribution in [3.63, 3.8) is 0 Å². The van der Waals surface area contributed by atoms with Crippen LogP contribution in [0.2, 0.25) is 0 Å². The van der Waals surface area contributed by atoms with Crippen LogP contribution in [0, 0.1) is 11.3 Å². The smallest absolute Gasteiger partial charge is 0.200 e. The van der Waals surface area contributed by atoms with Crippen molar-refractivity contribution >= 4 is 5.96 Å². The van der Waals surface area contributed by atoms with Gasteiger partial charge in [0, 0.05) is 40.0 Å². The van der Waals surface area contributed by atoms with Crippen molar-refractivity contribution in [1.82, 2.24) is 9.80 Å². The van der Waals surface area contributed by atoms with E-state index in [1.807, 2.05) is 37.0 Å². The Morgan fingerprint density at radius 1 is 1.47 bits per heavy atom. The number of hydrogen-bond donors (Lipinski definition) is 1. The first-order valence-electron chi connectivity index (χ1n) is 4.84. The molecule has 0 aromatic rings. The molecule has 5 heteroatoms. The number of allylic oxidation sites excluding steroid dienone is 1. The Labute approximate surface area is 91.5 Å². The number of aliphatic imine (C=N–C) groups is 1. The molecule has 0 aliphatic rings. The van der Waals surface area contributed by atoms with Crippen LogP contribution < -0.4 is 5.73 Å². The molecule has 0 fully saturated rings. The maximum atomic E-state index is 8.35. The van der Waals surface area contributed by atoms with Gasteiger partial charge in [-0.1, -0.05) is 0 Å². The zero-order valence-electron chi connectivity index (χ0n) is 9.64. The van der Waals surface area contributed by atoms with Crippen molar-refractivity contribution in [2.45, 2.75) is 6.42 Å². The molecule has 0 saturated carbocycles. The first-order valence-corrected chi connectivity index (χ1v) is 4.84. The van der Waals surface area contributed by atoms with Gasteiger partial charge in [0.25, 0.3) is 0 Å². The van der Waals surface area contributed by atoms with E-state index in [0.717, 1.165) is 18.9 Å². The SMILES string of the molecule is CN(C)C(=N/C=C/C#N)N(C)CCCN. The molecule has 0 spiro atoms. The molecule has 15 heavy (non-hydrogen) atoms. The van der Waals surface area contributed by atoms with Gasteiger partial charge in [0.2, 0.25) is 0 Å². The molecule has 2 N–H and O–H groups in total. The molecule has 0 aliphatic heterocycles. The number of hydrogen-bond acceptors (Lipinski definition) is 3. The van der Waals surface area contributed by atoms with Gasteiger partial charge in [-0.05, 0) is 13.0 Å². The highest BCUT2D eigenvalue weighted by atomic mass is 15.3. The summed E-state index contributed by atoms with van der Waals surface area (Å²) in [4.78, 5) is 8.10. The summed E-state index contributed by atoms with van der Waals surface area (Å²) in [5.74, 6) is 0.815. The minimum atomic E-state index is 0.666. The molecule has 0 unspecified atom stereocenters. The summed E-state index contributed by atoms with van der Waals surface area (Å²) in [6, 6.07) is 1.90. The van der Waals surface area contributed by atoms with E-state index in [1.54, 1.807) is 0 Å². The summed E-state index contributed by atoms with van der Waals surface area (Å²) in [5, 5.41) is 8.35. The number of nitrogens with zero attached hydrogens (tertiary/aromatic N) is 4. The van der Waals surface area contributed by atoms with Crippen LogP contribution in [0.25, 0.3) is 0 Å². The van der Waals surface area contributed by atoms with E-state index in [0.29, 0.717) is 6.54 Å². The van der Waals surface area contributed by atoms with Crippen LogP contribution in [0.1, 0.15) is 6.42 Å². The van der Waals surface area contributed by atoms with Gasteiger partial charge in [-0.3, -0.25) is 0 Å². The average molecular weight is 209 g/mol. The fourth-order valence-electron chi connectivity index (χ4n) is 1.12. The fraction of sp³-hybridized carbons (Fsp3) is 0.600. The zero-order valence-corrected chi connectivity index (χ0v) is 9.64. The first-order chi connectivity index (χ1) is 7.13. The van der Waals surface area contributed by atoms with E-state index >= 15 is 0 Å². The van der Waals surface area contributed by atoms with Crippen molar-refractivity contribution in [3.05, 3.63) is 12.3 Å². The van der Waals surface area contributed by atoms with Gasteiger partial charge in [0.1, 0.15) is 0 Å². The highest BCUT2D eigenvalue weighted by Crippen LogP contribution is 1.94. The van der Waals surface area contributed by atoms with Crippen molar-refractivity contribution in [2.24, 2.45) is 10.7 Å². The third kappa shape index (κ3) is 5.70. The quantitative estimate of drug-likeness (QED) is 0.408. The molecule has 0 amide bonds. The zero-order chi connectivity index (χ0) is 11.7. The lowest BCUT2D eigenvalue weighted by Crippen LogP contribution is -2.38. The third-order valence-electron chi connectivity index (χ3n) is 1.78. The maximum absolute atomic E-state index is 8.35. The van der Waals surface area contributed by atoms with E-state index in [1.165, 1.54) is 12.3 Å². The predicted octanol–water partition coefficient (Wildman–Crippen LogP) is 0.222. The average Bonchev–Trinajstić information content (AvgIpc) is 2.20. The molecular weight excluding hydrogens is 190 g/mol. The fourth-order valence-corrected chi connectivity index (χ4v) is 1.12. The standard InChI is InChI=1S/C10H19N5/c1-14(2)10(13-8-4-6-11)15(3)9-5-7-12/h4,8H,5,7,9,12H2,1-3H3/b8-4+,13-10?. The van der Waals surface area contributed by atoms with Crippen molar-refractivity contribution in [2.75, 3.05) is 34.2 Å². The number of rotatable bonds is 4. The maximum Gasteiger partial charge on any atom is 0.200 e. The summed E-state index contributed by atoms with van der Waals surface area (Å²) in [5.41, 5.74) is 5.44. The highest BCUT2D eigenvalue weighted by Gasteiger charge is 2.06. The van der Waals surface area contributed by atoms with Crippen LogP contribution in [-0.4, -0.2) is 50.0 Å². The van der Waals surface area contributed by atoms with Crippen LogP contribution in [0.4, 0.5) is 0 Å². The largest absolute Gasteiger partial charge is 0.349 e. The van der Waals surface area contributed by atoms with Gasteiger partial charge in [-0.15, -0.1) is 0 Å². The molecule has 0 rings (SSSR count). The molecular formula is C10H19N5. The van der Waals surface area contributed by atoms with Gasteiger partial charge < -0.3 is 15.5 Å². The molecule has 0 aromatic heterocycles. The minimum Gasteiger partial charge on any atom is -0.349 e. The van der Waals surface area contributed by atoms with Gasteiger partial charge >= 0.3 is 0 Å². The summed E-state index contributed by atoms with van der Waals surface area (Å²) < 4.78 is 0. The molecule has 0 aliphatic carbocycles. The Morgan fingerprint density at radius 2 is 2.13 bits per heavy atom. The molecule has 0 atom stereocenters. The second kappa shape index (κ2) is 7.83. The predicted molar refractivity (Wildman–Crippen MR) is 62.2 cm³/mol. The van der Waals surface area contributed by atoms with Gasteiger partial charge in [0.15, 0.2) is 5.96 Å². The lowest BCUT2D eigenvalue weighted by atomic mass is 10.4. The van der Waals surface area contributed by atoms with Crippen LogP contribution in [0.5, 0.6) is 0 Å². The Bertz CT molecular complexity index is 261. The lowest BCUT2D eigenvalue weighted by Gasteiger charge is -2.25. The van der Waals surface area contributed by atoms with E-state index in [-0.39, 0.29) is 0 Å². The Morgan fingerprint density at radius 3 is 2.60 bits per heavy atom. The third-order valence-corrected chi connectivity index (χ3v) is 1.78. The molecule has 84 valence electrons. The molecule has 0 radical (unpaired) electrons. The Kier molecular flexibility index (Phi) is 7.02. The second-order valence-electron chi connectivity index (χ2n) is 3.33. The normalized spacial score (nSPS) is 11.5. The molecule has 5 nitrogen and oxygen atoms in total. The van der Waals surface area contributed by atoms with Gasteiger partial charge in [-0.2, -0.15) is 5.26 Å². The van der Waals surface area contributed by atoms with Gasteiger partial charge in [-0.25, -0.2) is 4.99 Å². The Balaban J connectivity index is 4.45. The summed E-state index contributed by atoms with van der Waals surface area (Å²) >= 11 is 0. The summed E-state index contributed by atoms with van der Waals surface area (Å²) in [7, 11) is 5.78. The monoisotopic (exact) mass is 209 g/mol. The molecule has 0 saturated heterocycles. The van der Waals surface area contributed by atoms with E-state index in [9.17, 15) is 0 Å². The van der Waals surface area contributed by atoms with Crippen LogP contribution in [-0.2, 0) is 0 Å². The van der Waals surface area contributed by atoms with Crippen molar-refractivity contribution < 1.29 is 0 Å². The molecule has 0 aromatic carbocycles. The van der Waals surface area contributed by atoms with Gasteiger partial charge in [0.05, 0.1) is 6.07 Å². The van der Waals surface area contributed by atoms with E-state index in [4.69, 9.17) is 11.0 Å². The van der Waals surface area contributed by atoms with E-state index in [2.05, 4.69) is 4.99 Å².